The first-order valence-electron chi connectivity index (χ1n) is 43.3. The van der Waals surface area contributed by atoms with Crippen molar-refractivity contribution in [1.29, 1.82) is 0 Å². The second-order valence-corrected chi connectivity index (χ2v) is 32.9. The van der Waals surface area contributed by atoms with Crippen molar-refractivity contribution in [1.82, 2.24) is 0 Å². The average molecular weight is 1600 g/mol. The minimum absolute atomic E-state index is 0.889. The molecular formula is C122H79N3O. The average Bonchev–Trinajstić information content (AvgIpc) is 0.876. The van der Waals surface area contributed by atoms with Crippen LogP contribution in [-0.4, -0.2) is 0 Å². The summed E-state index contributed by atoms with van der Waals surface area (Å²) in [5.74, 6) is 0. The molecule has 126 heavy (non-hydrogen) atoms. The Hall–Kier alpha value is -16.7. The summed E-state index contributed by atoms with van der Waals surface area (Å²) >= 11 is 0. The lowest BCUT2D eigenvalue weighted by Crippen LogP contribution is -2.09. The molecule has 4 nitrogen and oxygen atoms in total. The molecule has 0 aliphatic heterocycles. The zero-order valence-corrected chi connectivity index (χ0v) is 68.9. The topological polar surface area (TPSA) is 22.9 Å². The molecule has 588 valence electrons. The van der Waals surface area contributed by atoms with Crippen LogP contribution in [0.15, 0.2) is 484 Å². The molecule has 0 saturated heterocycles. The third kappa shape index (κ3) is 12.9. The molecular weight excluding hydrogens is 1520 g/mol. The number of nitrogens with zero attached hydrogens (tertiary/aromatic N) is 3. The Morgan fingerprint density at radius 1 is 0.127 bits per heavy atom. The second-order valence-electron chi connectivity index (χ2n) is 32.9. The number of fused-ring (bicyclic) bond motifs is 26. The first-order chi connectivity index (χ1) is 62.5. The summed E-state index contributed by atoms with van der Waals surface area (Å²) in [6.07, 6.45) is 0. The molecule has 26 aromatic rings. The predicted octanol–water partition coefficient (Wildman–Crippen LogP) is 35.2. The van der Waals surface area contributed by atoms with Crippen molar-refractivity contribution in [3.8, 4) is 11.1 Å². The van der Waals surface area contributed by atoms with Gasteiger partial charge in [-0.05, 0) is 277 Å². The van der Waals surface area contributed by atoms with Crippen molar-refractivity contribution < 1.29 is 4.42 Å². The molecule has 0 unspecified atom stereocenters. The third-order valence-electron chi connectivity index (χ3n) is 25.8. The molecule has 0 bridgehead atoms. The molecule has 0 N–H and O–H groups in total. The van der Waals surface area contributed by atoms with E-state index >= 15 is 0 Å². The van der Waals surface area contributed by atoms with Crippen molar-refractivity contribution in [3.63, 3.8) is 0 Å². The van der Waals surface area contributed by atoms with Crippen LogP contribution in [0.3, 0.4) is 0 Å². The minimum atomic E-state index is 0.889. The Bertz CT molecular complexity index is 8810. The zero-order chi connectivity index (χ0) is 83.1. The van der Waals surface area contributed by atoms with Gasteiger partial charge in [0.15, 0.2) is 0 Å². The molecule has 25 aromatic carbocycles. The number of hydrogen-bond acceptors (Lipinski definition) is 4. The maximum Gasteiger partial charge on any atom is 0.137 e. The van der Waals surface area contributed by atoms with Gasteiger partial charge in [0, 0.05) is 68.0 Å². The lowest BCUT2D eigenvalue weighted by molar-refractivity contribution is 0.669. The Labute approximate surface area is 728 Å². The van der Waals surface area contributed by atoms with E-state index in [9.17, 15) is 0 Å². The lowest BCUT2D eigenvalue weighted by atomic mass is 9.93. The normalized spacial score (nSPS) is 11.7. The standard InChI is InChI=1S/C44H29N.C40H25NO.C38H25N/c1-3-10-30(11-4-1)39-17-9-13-32-20-23-37(29-43(32)39)45(35-14-5-2-6-15-35)36-24-27-40-34(28-36)19-18-33-22-25-41-38-16-8-7-12-31(38)21-26-42(41)44(33)40;1-2-9-29(10-3-1)41(31-19-23-36-35-12-6-7-13-38(35)42-39(36)25-31)30-18-22-33-28(24-30)15-14-27-17-20-34-32-11-5-4-8-26(32)16-21-37(34)40(27)33;1-2-11-31(12-3-1)39(32-19-16-26-8-4-5-10-29(26)24-32)33-20-23-35-30(25-33)15-14-28-18-21-36-34-13-7-6-9-27(34)17-22-37(36)38(28)35/h1-29H;1-25H;1-25H. The highest BCUT2D eigenvalue weighted by Crippen LogP contribution is 2.47. The quantitative estimate of drug-likeness (QED) is 0.127. The van der Waals surface area contributed by atoms with Gasteiger partial charge < -0.3 is 19.1 Å². The van der Waals surface area contributed by atoms with Crippen molar-refractivity contribution in [2.24, 2.45) is 0 Å². The molecule has 0 aliphatic rings. The van der Waals surface area contributed by atoms with Crippen LogP contribution in [0, 0.1) is 0 Å². The second kappa shape index (κ2) is 30.8. The van der Waals surface area contributed by atoms with E-state index in [4.69, 9.17) is 4.42 Å². The highest BCUT2D eigenvalue weighted by molar-refractivity contribution is 6.28. The summed E-state index contributed by atoms with van der Waals surface area (Å²) in [4.78, 5) is 7.04. The van der Waals surface area contributed by atoms with Crippen LogP contribution in [0.1, 0.15) is 0 Å². The molecule has 0 atom stereocenters. The van der Waals surface area contributed by atoms with Gasteiger partial charge in [-0.25, -0.2) is 0 Å². The fraction of sp³-hybridized carbons (Fsp3) is 0. The highest BCUT2D eigenvalue weighted by Gasteiger charge is 2.22. The first kappa shape index (κ1) is 73.3. The van der Waals surface area contributed by atoms with Gasteiger partial charge in [-0.15, -0.1) is 0 Å². The minimum Gasteiger partial charge on any atom is -0.456 e. The van der Waals surface area contributed by atoms with E-state index in [-0.39, 0.29) is 0 Å². The van der Waals surface area contributed by atoms with Gasteiger partial charge in [0.05, 0.1) is 0 Å². The number of furan rings is 1. The van der Waals surface area contributed by atoms with Crippen LogP contribution < -0.4 is 14.7 Å². The number of anilines is 9. The van der Waals surface area contributed by atoms with Gasteiger partial charge in [0.2, 0.25) is 0 Å². The summed E-state index contributed by atoms with van der Waals surface area (Å²) in [6.45, 7) is 0. The van der Waals surface area contributed by atoms with Crippen molar-refractivity contribution >= 4 is 224 Å². The largest absolute Gasteiger partial charge is 0.456 e. The highest BCUT2D eigenvalue weighted by atomic mass is 16.3. The lowest BCUT2D eigenvalue weighted by Gasteiger charge is -2.26. The summed E-state index contributed by atoms with van der Waals surface area (Å²) in [5.41, 5.74) is 14.4. The zero-order valence-electron chi connectivity index (χ0n) is 68.9. The number of benzene rings is 25. The number of rotatable bonds is 10. The Morgan fingerprint density at radius 3 is 0.857 bits per heavy atom. The number of para-hydroxylation sites is 4. The van der Waals surface area contributed by atoms with E-state index < -0.39 is 0 Å². The summed E-state index contributed by atoms with van der Waals surface area (Å²) in [6, 6.07) is 173. The Balaban J connectivity index is 0.000000106. The summed E-state index contributed by atoms with van der Waals surface area (Å²) < 4.78 is 6.28. The van der Waals surface area contributed by atoms with Gasteiger partial charge in [-0.3, -0.25) is 0 Å². The van der Waals surface area contributed by atoms with Crippen LogP contribution in [0.25, 0.3) is 184 Å². The van der Waals surface area contributed by atoms with E-state index in [1.54, 1.807) is 0 Å². The van der Waals surface area contributed by atoms with Crippen molar-refractivity contribution in [3.05, 3.63) is 479 Å². The molecule has 26 rings (SSSR count). The molecule has 1 heterocycles. The molecule has 1 aromatic heterocycles. The molecule has 4 heteroatoms. The first-order valence-corrected chi connectivity index (χ1v) is 43.3. The van der Waals surface area contributed by atoms with Gasteiger partial charge in [0.25, 0.3) is 0 Å². The van der Waals surface area contributed by atoms with E-state index in [2.05, 4.69) is 482 Å². The van der Waals surface area contributed by atoms with Gasteiger partial charge in [-0.1, -0.05) is 358 Å². The van der Waals surface area contributed by atoms with Crippen molar-refractivity contribution in [2.45, 2.75) is 0 Å². The molecule has 0 amide bonds. The summed E-state index contributed by atoms with van der Waals surface area (Å²) in [7, 11) is 0. The maximum absolute atomic E-state index is 6.28. The third-order valence-corrected chi connectivity index (χ3v) is 25.8. The maximum atomic E-state index is 6.28. The van der Waals surface area contributed by atoms with E-state index in [1.807, 2.05) is 12.1 Å². The van der Waals surface area contributed by atoms with Gasteiger partial charge in [0.1, 0.15) is 11.2 Å². The smallest absolute Gasteiger partial charge is 0.137 e. The fourth-order valence-corrected chi connectivity index (χ4v) is 19.8. The van der Waals surface area contributed by atoms with Gasteiger partial charge in [-0.2, -0.15) is 0 Å². The van der Waals surface area contributed by atoms with Crippen LogP contribution in [0.2, 0.25) is 0 Å². The summed E-state index contributed by atoms with van der Waals surface area (Å²) in [5, 5.41) is 38.0. The predicted molar refractivity (Wildman–Crippen MR) is 541 cm³/mol. The van der Waals surface area contributed by atoms with Crippen LogP contribution >= 0.6 is 0 Å². The fourth-order valence-electron chi connectivity index (χ4n) is 19.8. The van der Waals surface area contributed by atoms with Crippen LogP contribution in [-0.2, 0) is 0 Å². The Morgan fingerprint density at radius 2 is 0.405 bits per heavy atom. The monoisotopic (exact) mass is 1600 g/mol. The molecule has 0 radical (unpaired) electrons. The van der Waals surface area contributed by atoms with Crippen molar-refractivity contribution in [2.75, 3.05) is 14.7 Å². The van der Waals surface area contributed by atoms with E-state index in [0.717, 1.165) is 73.1 Å². The van der Waals surface area contributed by atoms with Crippen LogP contribution in [0.4, 0.5) is 51.2 Å². The van der Waals surface area contributed by atoms with Crippen LogP contribution in [0.5, 0.6) is 0 Å². The molecule has 0 spiro atoms. The van der Waals surface area contributed by atoms with Gasteiger partial charge >= 0.3 is 0 Å². The molecule has 0 fully saturated rings. The van der Waals surface area contributed by atoms with E-state index in [1.165, 1.54) is 162 Å². The van der Waals surface area contributed by atoms with E-state index in [0.29, 0.717) is 0 Å². The molecule has 0 aliphatic carbocycles. The number of hydrogen-bond donors (Lipinski definition) is 0. The Kier molecular flexibility index (Phi) is 17.9. The SMILES string of the molecule is c1ccc(-c2cccc3ccc(N(c4ccccc4)c4ccc5c(ccc6ccc7c8ccccc8ccc7c65)c4)cc23)cc1.c1ccc(N(c2ccc3c(ccc4ccc5c6ccccc6ccc5c43)c2)c2ccc3c(c2)oc2ccccc23)cc1.c1ccc(N(c2ccc3ccccc3c2)c2ccc3c(ccc4ccc5c6ccccc6ccc5c43)c2)cc1. The molecule has 0 saturated carbocycles.